The van der Waals surface area contributed by atoms with Crippen molar-refractivity contribution in [1.29, 1.82) is 0 Å². The van der Waals surface area contributed by atoms with E-state index in [1.807, 2.05) is 53.4 Å². The number of hydrogen-bond donors (Lipinski definition) is 0. The van der Waals surface area contributed by atoms with E-state index in [2.05, 4.69) is 9.88 Å². The van der Waals surface area contributed by atoms with Crippen molar-refractivity contribution >= 4 is 28.8 Å². The summed E-state index contributed by atoms with van der Waals surface area (Å²) < 4.78 is 10.8. The van der Waals surface area contributed by atoms with Crippen LogP contribution in [0.3, 0.4) is 0 Å². The second-order valence-electron chi connectivity index (χ2n) is 6.36. The van der Waals surface area contributed by atoms with Crippen LogP contribution in [0.25, 0.3) is 17.2 Å². The van der Waals surface area contributed by atoms with E-state index in [1.165, 1.54) is 6.08 Å². The lowest BCUT2D eigenvalue weighted by Crippen LogP contribution is -2.48. The summed E-state index contributed by atoms with van der Waals surface area (Å²) in [5, 5.41) is 0. The number of oxazole rings is 1. The third kappa shape index (κ3) is 3.79. The molecule has 6 heteroatoms. The Morgan fingerprint density at radius 3 is 2.52 bits per heavy atom. The Kier molecular flexibility index (Phi) is 4.78. The lowest BCUT2D eigenvalue weighted by Gasteiger charge is -2.35. The third-order valence-corrected chi connectivity index (χ3v) is 4.71. The first-order chi connectivity index (χ1) is 13.2. The maximum atomic E-state index is 12.4. The van der Waals surface area contributed by atoms with Gasteiger partial charge in [0.05, 0.1) is 7.11 Å². The van der Waals surface area contributed by atoms with Gasteiger partial charge in [-0.25, -0.2) is 4.98 Å². The molecule has 0 radical (unpaired) electrons. The molecule has 0 unspecified atom stereocenters. The molecule has 1 aromatic heterocycles. The van der Waals surface area contributed by atoms with Crippen LogP contribution in [0.2, 0.25) is 0 Å². The molecule has 4 rings (SSSR count). The van der Waals surface area contributed by atoms with Crippen molar-refractivity contribution in [1.82, 2.24) is 9.88 Å². The number of fused-ring (bicyclic) bond motifs is 1. The monoisotopic (exact) mass is 363 g/mol. The fraction of sp³-hybridized carbons (Fsp3) is 0.238. The molecule has 2 heterocycles. The van der Waals surface area contributed by atoms with Crippen LogP contribution in [0.4, 0.5) is 5.69 Å². The van der Waals surface area contributed by atoms with Gasteiger partial charge < -0.3 is 19.0 Å². The fourth-order valence-electron chi connectivity index (χ4n) is 3.19. The Morgan fingerprint density at radius 2 is 1.81 bits per heavy atom. The van der Waals surface area contributed by atoms with E-state index in [4.69, 9.17) is 9.15 Å². The number of para-hydroxylation sites is 2. The highest BCUT2D eigenvalue weighted by Crippen LogP contribution is 2.21. The maximum Gasteiger partial charge on any atom is 0.246 e. The number of carbonyl (C=O) groups excluding carboxylic acids is 1. The molecule has 3 aromatic rings. The largest absolute Gasteiger partial charge is 0.497 e. The Bertz CT molecular complexity index is 921. The van der Waals surface area contributed by atoms with Crippen LogP contribution in [0.15, 0.2) is 59.0 Å². The average Bonchev–Trinajstić information content (AvgIpc) is 3.15. The minimum absolute atomic E-state index is 0.0216. The van der Waals surface area contributed by atoms with E-state index < -0.39 is 0 Å². The molecule has 0 bridgehead atoms. The zero-order valence-corrected chi connectivity index (χ0v) is 15.2. The van der Waals surface area contributed by atoms with Gasteiger partial charge in [0.15, 0.2) is 5.58 Å². The summed E-state index contributed by atoms with van der Waals surface area (Å²) >= 11 is 0. The Hall–Kier alpha value is -3.28. The molecule has 0 saturated carbocycles. The molecule has 1 aliphatic rings. The van der Waals surface area contributed by atoms with Crippen LogP contribution in [0.1, 0.15) is 5.89 Å². The van der Waals surface area contributed by atoms with Gasteiger partial charge in [-0.1, -0.05) is 12.1 Å². The van der Waals surface area contributed by atoms with Crippen LogP contribution in [0, 0.1) is 0 Å². The van der Waals surface area contributed by atoms with Crippen LogP contribution in [-0.4, -0.2) is 49.1 Å². The van der Waals surface area contributed by atoms with Gasteiger partial charge in [0.1, 0.15) is 11.3 Å². The van der Waals surface area contributed by atoms with Gasteiger partial charge in [-0.15, -0.1) is 0 Å². The van der Waals surface area contributed by atoms with Gasteiger partial charge in [-0.3, -0.25) is 4.79 Å². The van der Waals surface area contributed by atoms with E-state index in [0.29, 0.717) is 19.0 Å². The first kappa shape index (κ1) is 17.1. The Balaban J connectivity index is 1.35. The molecule has 1 fully saturated rings. The summed E-state index contributed by atoms with van der Waals surface area (Å²) in [4.78, 5) is 20.9. The number of hydrogen-bond acceptors (Lipinski definition) is 5. The van der Waals surface area contributed by atoms with Crippen LogP contribution < -0.4 is 9.64 Å². The summed E-state index contributed by atoms with van der Waals surface area (Å²) in [5.41, 5.74) is 2.65. The lowest BCUT2D eigenvalue weighted by atomic mass is 10.2. The highest BCUT2D eigenvalue weighted by molar-refractivity contribution is 5.91. The standard InChI is InChI=1S/C21H21N3O3/c1-26-17-8-6-16(7-9-17)23-12-14-24(15-13-23)21(25)11-10-20-22-18-4-2-3-5-19(18)27-20/h2-11H,12-15H2,1H3/b11-10+. The smallest absolute Gasteiger partial charge is 0.246 e. The quantitative estimate of drug-likeness (QED) is 0.666. The van der Waals surface area contributed by atoms with Crippen molar-refractivity contribution in [3.63, 3.8) is 0 Å². The van der Waals surface area contributed by atoms with E-state index >= 15 is 0 Å². The van der Waals surface area contributed by atoms with Crippen molar-refractivity contribution < 1.29 is 13.9 Å². The number of piperazine rings is 1. The summed E-state index contributed by atoms with van der Waals surface area (Å²) in [7, 11) is 1.66. The number of anilines is 1. The number of rotatable bonds is 4. The summed E-state index contributed by atoms with van der Waals surface area (Å²) in [5.74, 6) is 1.27. The Morgan fingerprint density at radius 1 is 1.07 bits per heavy atom. The van der Waals surface area contributed by atoms with E-state index in [1.54, 1.807) is 13.2 Å². The number of carbonyl (C=O) groups is 1. The highest BCUT2D eigenvalue weighted by Gasteiger charge is 2.20. The van der Waals surface area contributed by atoms with Gasteiger partial charge in [-0.2, -0.15) is 0 Å². The predicted octanol–water partition coefficient (Wildman–Crippen LogP) is 3.20. The van der Waals surface area contributed by atoms with Crippen LogP contribution in [-0.2, 0) is 4.79 Å². The van der Waals surface area contributed by atoms with Gasteiger partial charge in [-0.05, 0) is 36.4 Å². The SMILES string of the molecule is COc1ccc(N2CCN(C(=O)/C=C/c3nc4ccccc4o3)CC2)cc1. The minimum Gasteiger partial charge on any atom is -0.497 e. The lowest BCUT2D eigenvalue weighted by molar-refractivity contribution is -0.126. The van der Waals surface area contributed by atoms with Crippen LogP contribution >= 0.6 is 0 Å². The van der Waals surface area contributed by atoms with Gasteiger partial charge >= 0.3 is 0 Å². The zero-order valence-electron chi connectivity index (χ0n) is 15.2. The predicted molar refractivity (Wildman–Crippen MR) is 105 cm³/mol. The fourth-order valence-corrected chi connectivity index (χ4v) is 3.19. The second kappa shape index (κ2) is 7.53. The van der Waals surface area contributed by atoms with Crippen LogP contribution in [0.5, 0.6) is 5.75 Å². The number of amides is 1. The molecule has 1 aliphatic heterocycles. The molecule has 1 amide bonds. The normalized spacial score (nSPS) is 14.9. The topological polar surface area (TPSA) is 58.8 Å². The molecular formula is C21H21N3O3. The van der Waals surface area contributed by atoms with Crippen molar-refractivity contribution in [2.45, 2.75) is 0 Å². The molecule has 138 valence electrons. The van der Waals surface area contributed by atoms with E-state index in [0.717, 1.165) is 35.6 Å². The number of ether oxygens (including phenoxy) is 1. The Labute approximate surface area is 157 Å². The first-order valence-electron chi connectivity index (χ1n) is 8.94. The summed E-state index contributed by atoms with van der Waals surface area (Å²) in [6.45, 7) is 2.97. The molecule has 6 nitrogen and oxygen atoms in total. The minimum atomic E-state index is -0.0216. The molecule has 1 saturated heterocycles. The molecule has 27 heavy (non-hydrogen) atoms. The summed E-state index contributed by atoms with van der Waals surface area (Å²) in [6, 6.07) is 15.6. The van der Waals surface area contributed by atoms with E-state index in [-0.39, 0.29) is 5.91 Å². The molecule has 0 spiro atoms. The first-order valence-corrected chi connectivity index (χ1v) is 8.94. The number of nitrogens with zero attached hydrogens (tertiary/aromatic N) is 3. The second-order valence-corrected chi connectivity index (χ2v) is 6.36. The maximum absolute atomic E-state index is 12.4. The zero-order chi connectivity index (χ0) is 18.6. The van der Waals surface area contributed by atoms with Crippen molar-refractivity contribution in [3.8, 4) is 5.75 Å². The van der Waals surface area contributed by atoms with Crippen molar-refractivity contribution in [3.05, 3.63) is 60.5 Å². The van der Waals surface area contributed by atoms with Gasteiger partial charge in [0, 0.05) is 44.0 Å². The molecule has 2 aromatic carbocycles. The van der Waals surface area contributed by atoms with Gasteiger partial charge in [0.25, 0.3) is 0 Å². The highest BCUT2D eigenvalue weighted by atomic mass is 16.5. The number of methoxy groups -OCH3 is 1. The van der Waals surface area contributed by atoms with Crippen molar-refractivity contribution in [2.75, 3.05) is 38.2 Å². The van der Waals surface area contributed by atoms with Gasteiger partial charge in [0.2, 0.25) is 11.8 Å². The average molecular weight is 363 g/mol. The summed E-state index contributed by atoms with van der Waals surface area (Å²) in [6.07, 6.45) is 3.17. The number of benzene rings is 2. The molecule has 0 atom stereocenters. The molecular weight excluding hydrogens is 342 g/mol. The number of aromatic nitrogens is 1. The third-order valence-electron chi connectivity index (χ3n) is 4.71. The van der Waals surface area contributed by atoms with Crippen molar-refractivity contribution in [2.24, 2.45) is 0 Å². The van der Waals surface area contributed by atoms with E-state index in [9.17, 15) is 4.79 Å². The molecule has 0 N–H and O–H groups in total. The molecule has 0 aliphatic carbocycles.